The predicted molar refractivity (Wildman–Crippen MR) is 77.5 cm³/mol. The molecule has 3 N–H and O–H groups in total. The summed E-state index contributed by atoms with van der Waals surface area (Å²) in [5.41, 5.74) is 6.35. The van der Waals surface area contributed by atoms with Crippen molar-refractivity contribution in [2.45, 2.75) is 0 Å². The lowest BCUT2D eigenvalue weighted by atomic mass is 10.1. The molecule has 0 unspecified atom stereocenters. The van der Waals surface area contributed by atoms with Crippen LogP contribution in [0.25, 0.3) is 0 Å². The molecule has 0 saturated carbocycles. The zero-order valence-electron chi connectivity index (χ0n) is 11.3. The molecule has 2 aromatic rings. The number of phenolic OH excluding ortho intramolecular Hbond substituents is 1. The molecule has 0 fully saturated rings. The Hall–Kier alpha value is -3.20. The zero-order chi connectivity index (χ0) is 15.4. The molecule has 0 aromatic heterocycles. The van der Waals surface area contributed by atoms with Crippen molar-refractivity contribution < 1.29 is 14.6 Å². The number of benzene rings is 2. The molecule has 6 heteroatoms. The van der Waals surface area contributed by atoms with Crippen LogP contribution in [0.3, 0.4) is 0 Å². The Bertz CT molecular complexity index is 705. The second-order valence-electron chi connectivity index (χ2n) is 4.19. The highest BCUT2D eigenvalue weighted by Gasteiger charge is 2.18. The molecular weight excluding hydrogens is 270 g/mol. The number of nitriles is 1. The molecule has 0 bridgehead atoms. The Balaban J connectivity index is 2.48. The van der Waals surface area contributed by atoms with Gasteiger partial charge in [-0.1, -0.05) is 0 Å². The van der Waals surface area contributed by atoms with Gasteiger partial charge in [-0.15, -0.1) is 0 Å². The number of phenols is 1. The monoisotopic (exact) mass is 283 g/mol. The highest BCUT2D eigenvalue weighted by molar-refractivity contribution is 5.99. The number of primary amides is 1. The van der Waals surface area contributed by atoms with Crippen LogP contribution in [0.1, 0.15) is 5.56 Å². The third-order valence-electron chi connectivity index (χ3n) is 2.90. The number of aromatic hydroxyl groups is 1. The first-order chi connectivity index (χ1) is 10.1. The fourth-order valence-electron chi connectivity index (χ4n) is 1.90. The van der Waals surface area contributed by atoms with E-state index in [4.69, 9.17) is 15.7 Å². The van der Waals surface area contributed by atoms with E-state index in [9.17, 15) is 9.90 Å². The number of nitrogens with two attached hydrogens (primary N) is 1. The first kappa shape index (κ1) is 14.2. The summed E-state index contributed by atoms with van der Waals surface area (Å²) in [7, 11) is 1.54. The van der Waals surface area contributed by atoms with Gasteiger partial charge in [-0.25, -0.2) is 4.79 Å². The molecule has 21 heavy (non-hydrogen) atoms. The van der Waals surface area contributed by atoms with Crippen LogP contribution in [0, 0.1) is 11.3 Å². The van der Waals surface area contributed by atoms with E-state index < -0.39 is 6.03 Å². The van der Waals surface area contributed by atoms with Crippen LogP contribution < -0.4 is 15.4 Å². The van der Waals surface area contributed by atoms with E-state index in [-0.39, 0.29) is 17.0 Å². The molecule has 2 amide bonds. The van der Waals surface area contributed by atoms with Crippen LogP contribution in [0.2, 0.25) is 0 Å². The van der Waals surface area contributed by atoms with Gasteiger partial charge in [-0.3, -0.25) is 4.90 Å². The average molecular weight is 283 g/mol. The van der Waals surface area contributed by atoms with Crippen LogP contribution in [0.5, 0.6) is 11.5 Å². The molecule has 0 aliphatic rings. The third-order valence-corrected chi connectivity index (χ3v) is 2.90. The molecule has 0 saturated heterocycles. The van der Waals surface area contributed by atoms with E-state index in [1.54, 1.807) is 24.3 Å². The molecule has 2 aromatic carbocycles. The molecular formula is C15H13N3O3. The Kier molecular flexibility index (Phi) is 3.95. The van der Waals surface area contributed by atoms with Gasteiger partial charge in [0.05, 0.1) is 30.1 Å². The maximum Gasteiger partial charge on any atom is 0.324 e. The molecule has 0 aliphatic heterocycles. The summed E-state index contributed by atoms with van der Waals surface area (Å²) in [5.74, 6) is 0.427. The second kappa shape index (κ2) is 5.84. The van der Waals surface area contributed by atoms with Crippen molar-refractivity contribution in [2.24, 2.45) is 5.73 Å². The maximum absolute atomic E-state index is 11.7. The van der Waals surface area contributed by atoms with E-state index in [1.165, 1.54) is 25.3 Å². The standard InChI is InChI=1S/C15H13N3O3/c1-21-12-5-3-11(4-6-12)18(15(17)20)13-7-2-10(9-16)8-14(13)19/h2-8,19H,1H3,(H2,17,20). The van der Waals surface area contributed by atoms with Crippen LogP contribution in [0.4, 0.5) is 16.2 Å². The summed E-state index contributed by atoms with van der Waals surface area (Å²) < 4.78 is 5.05. The van der Waals surface area contributed by atoms with E-state index in [0.29, 0.717) is 11.4 Å². The summed E-state index contributed by atoms with van der Waals surface area (Å²) >= 11 is 0. The smallest absolute Gasteiger partial charge is 0.324 e. The predicted octanol–water partition coefficient (Wildman–Crippen LogP) is 2.49. The first-order valence-electron chi connectivity index (χ1n) is 6.03. The summed E-state index contributed by atoms with van der Waals surface area (Å²) in [5, 5.41) is 18.8. The lowest BCUT2D eigenvalue weighted by molar-refractivity contribution is 0.256. The molecule has 2 rings (SSSR count). The number of urea groups is 1. The fourth-order valence-corrected chi connectivity index (χ4v) is 1.90. The van der Waals surface area contributed by atoms with Gasteiger partial charge in [0.1, 0.15) is 11.5 Å². The van der Waals surface area contributed by atoms with Crippen molar-refractivity contribution in [3.8, 4) is 17.6 Å². The van der Waals surface area contributed by atoms with E-state index in [0.717, 1.165) is 4.90 Å². The van der Waals surface area contributed by atoms with Gasteiger partial charge in [0.15, 0.2) is 0 Å². The summed E-state index contributed by atoms with van der Waals surface area (Å²) in [6, 6.07) is 12.0. The van der Waals surface area contributed by atoms with Crippen molar-refractivity contribution >= 4 is 17.4 Å². The molecule has 0 radical (unpaired) electrons. The maximum atomic E-state index is 11.7. The SMILES string of the molecule is COc1ccc(N(C(N)=O)c2ccc(C#N)cc2O)cc1. The molecule has 0 spiro atoms. The number of amides is 2. The number of hydrogen-bond acceptors (Lipinski definition) is 4. The minimum absolute atomic E-state index is 0.201. The number of methoxy groups -OCH3 is 1. The van der Waals surface area contributed by atoms with Gasteiger partial charge in [0.2, 0.25) is 0 Å². The molecule has 0 aliphatic carbocycles. The van der Waals surface area contributed by atoms with E-state index in [1.807, 2.05) is 6.07 Å². The normalized spacial score (nSPS) is 9.71. The molecule has 6 nitrogen and oxygen atoms in total. The Morgan fingerprint density at radius 2 is 1.95 bits per heavy atom. The van der Waals surface area contributed by atoms with Crippen molar-refractivity contribution in [1.29, 1.82) is 5.26 Å². The second-order valence-corrected chi connectivity index (χ2v) is 4.19. The Morgan fingerprint density at radius 3 is 2.43 bits per heavy atom. The topological polar surface area (TPSA) is 99.6 Å². The number of rotatable bonds is 3. The zero-order valence-corrected chi connectivity index (χ0v) is 11.3. The van der Waals surface area contributed by atoms with Gasteiger partial charge >= 0.3 is 6.03 Å². The number of nitrogens with zero attached hydrogens (tertiary/aromatic N) is 2. The van der Waals surface area contributed by atoms with E-state index >= 15 is 0 Å². The van der Waals surface area contributed by atoms with Crippen molar-refractivity contribution in [3.05, 3.63) is 48.0 Å². The van der Waals surface area contributed by atoms with E-state index in [2.05, 4.69) is 0 Å². The minimum Gasteiger partial charge on any atom is -0.506 e. The van der Waals surface area contributed by atoms with Gasteiger partial charge < -0.3 is 15.6 Å². The Morgan fingerprint density at radius 1 is 1.29 bits per heavy atom. The quantitative estimate of drug-likeness (QED) is 0.903. The number of hydrogen-bond donors (Lipinski definition) is 2. The highest BCUT2D eigenvalue weighted by atomic mass is 16.5. The summed E-state index contributed by atoms with van der Waals surface area (Å²) in [6.07, 6.45) is 0. The lowest BCUT2D eigenvalue weighted by Crippen LogP contribution is -2.31. The lowest BCUT2D eigenvalue weighted by Gasteiger charge is -2.21. The number of carbonyl (C=O) groups is 1. The van der Waals surface area contributed by atoms with Crippen molar-refractivity contribution in [2.75, 3.05) is 12.0 Å². The largest absolute Gasteiger partial charge is 0.506 e. The molecule has 0 heterocycles. The van der Waals surface area contributed by atoms with Crippen molar-refractivity contribution in [1.82, 2.24) is 0 Å². The number of anilines is 2. The molecule has 106 valence electrons. The van der Waals surface area contributed by atoms with Crippen molar-refractivity contribution in [3.63, 3.8) is 0 Å². The van der Waals surface area contributed by atoms with Gasteiger partial charge in [0, 0.05) is 0 Å². The van der Waals surface area contributed by atoms with Crippen LogP contribution in [-0.4, -0.2) is 18.2 Å². The highest BCUT2D eigenvalue weighted by Crippen LogP contribution is 2.34. The van der Waals surface area contributed by atoms with Gasteiger partial charge in [-0.2, -0.15) is 5.26 Å². The Labute approximate surface area is 121 Å². The minimum atomic E-state index is -0.750. The van der Waals surface area contributed by atoms with Crippen LogP contribution >= 0.6 is 0 Å². The first-order valence-corrected chi connectivity index (χ1v) is 6.03. The van der Waals surface area contributed by atoms with Gasteiger partial charge in [0.25, 0.3) is 0 Å². The summed E-state index contributed by atoms with van der Waals surface area (Å²) in [6.45, 7) is 0. The average Bonchev–Trinajstić information content (AvgIpc) is 2.49. The third kappa shape index (κ3) is 2.87. The van der Waals surface area contributed by atoms with Crippen LogP contribution in [0.15, 0.2) is 42.5 Å². The fraction of sp³-hybridized carbons (Fsp3) is 0.0667. The number of ether oxygens (including phenoxy) is 1. The van der Waals surface area contributed by atoms with Crippen LogP contribution in [-0.2, 0) is 0 Å². The number of carbonyl (C=O) groups excluding carboxylic acids is 1. The summed E-state index contributed by atoms with van der Waals surface area (Å²) in [4.78, 5) is 12.9. The molecule has 0 atom stereocenters. The van der Waals surface area contributed by atoms with Gasteiger partial charge in [-0.05, 0) is 42.5 Å².